The Bertz CT molecular complexity index is 1120. The minimum absolute atomic E-state index is 0.00613. The quantitative estimate of drug-likeness (QED) is 0.451. The van der Waals surface area contributed by atoms with Gasteiger partial charge in [-0.1, -0.05) is 48.1 Å². The van der Waals surface area contributed by atoms with E-state index in [-0.39, 0.29) is 5.54 Å². The van der Waals surface area contributed by atoms with Crippen LogP contribution in [0.15, 0.2) is 76.7 Å². The maximum atomic E-state index is 5.83. The van der Waals surface area contributed by atoms with Crippen molar-refractivity contribution < 1.29 is 4.74 Å². The van der Waals surface area contributed by atoms with Gasteiger partial charge in [0.2, 0.25) is 0 Å². The summed E-state index contributed by atoms with van der Waals surface area (Å²) in [6.45, 7) is 6.85. The van der Waals surface area contributed by atoms with Crippen LogP contribution in [0.3, 0.4) is 0 Å². The lowest BCUT2D eigenvalue weighted by Crippen LogP contribution is -2.53. The first-order chi connectivity index (χ1) is 14.9. The number of allylic oxidation sites excluding steroid dienone is 2. The summed E-state index contributed by atoms with van der Waals surface area (Å²) in [7, 11) is 1.79. The minimum atomic E-state index is 0.00613. The van der Waals surface area contributed by atoms with Gasteiger partial charge in [-0.05, 0) is 73.9 Å². The zero-order valence-corrected chi connectivity index (χ0v) is 19.8. The van der Waals surface area contributed by atoms with E-state index in [1.165, 1.54) is 32.7 Å². The highest BCUT2D eigenvalue weighted by atomic mass is 32.2. The van der Waals surface area contributed by atoms with Gasteiger partial charge in [0.1, 0.15) is 5.75 Å². The molecule has 3 heteroatoms. The van der Waals surface area contributed by atoms with Crippen molar-refractivity contribution in [2.24, 2.45) is 5.92 Å². The number of ether oxygens (including phenoxy) is 1. The van der Waals surface area contributed by atoms with Crippen LogP contribution in [0.1, 0.15) is 43.4 Å². The highest BCUT2D eigenvalue weighted by Crippen LogP contribution is 2.52. The summed E-state index contributed by atoms with van der Waals surface area (Å²) in [5, 5.41) is 3.87. The molecule has 1 N–H and O–H groups in total. The Labute approximate surface area is 190 Å². The van der Waals surface area contributed by atoms with Crippen molar-refractivity contribution in [1.29, 1.82) is 0 Å². The normalized spacial score (nSPS) is 26.0. The van der Waals surface area contributed by atoms with Gasteiger partial charge in [-0.3, -0.25) is 0 Å². The third-order valence-electron chi connectivity index (χ3n) is 6.99. The molecule has 1 aliphatic heterocycles. The number of fused-ring (bicyclic) bond motifs is 4. The van der Waals surface area contributed by atoms with Crippen molar-refractivity contribution in [2.75, 3.05) is 13.4 Å². The molecule has 0 saturated heterocycles. The van der Waals surface area contributed by atoms with Crippen LogP contribution in [-0.4, -0.2) is 24.9 Å². The van der Waals surface area contributed by atoms with Gasteiger partial charge in [-0.25, -0.2) is 0 Å². The predicted octanol–water partition coefficient (Wildman–Crippen LogP) is 6.39. The average molecular weight is 430 g/mol. The summed E-state index contributed by atoms with van der Waals surface area (Å²) < 4.78 is 5.83. The Morgan fingerprint density at radius 2 is 1.94 bits per heavy atom. The van der Waals surface area contributed by atoms with Gasteiger partial charge in [-0.2, -0.15) is 0 Å². The molecule has 0 amide bonds. The van der Waals surface area contributed by atoms with Crippen LogP contribution in [0.5, 0.6) is 5.75 Å². The van der Waals surface area contributed by atoms with Gasteiger partial charge in [0, 0.05) is 33.9 Å². The summed E-state index contributed by atoms with van der Waals surface area (Å²) in [6, 6.07) is 15.9. The smallest absolute Gasteiger partial charge is 0.126 e. The van der Waals surface area contributed by atoms with Crippen LogP contribution < -0.4 is 10.1 Å². The Kier molecular flexibility index (Phi) is 5.15. The molecular weight excluding hydrogens is 398 g/mol. The maximum Gasteiger partial charge on any atom is 0.126 e. The second kappa shape index (κ2) is 7.72. The SMILES string of the molecule is COc1cccc2c1C1=C(C(c3cccc(SC)c3)C2)C2C(C)=CC(C)(C)NC2C=C1. The predicted molar refractivity (Wildman–Crippen MR) is 132 cm³/mol. The fourth-order valence-electron chi connectivity index (χ4n) is 5.90. The Morgan fingerprint density at radius 3 is 2.71 bits per heavy atom. The van der Waals surface area contributed by atoms with E-state index in [9.17, 15) is 0 Å². The molecule has 3 unspecified atom stereocenters. The summed E-state index contributed by atoms with van der Waals surface area (Å²) in [6.07, 6.45) is 10.3. The molecule has 2 aromatic carbocycles. The van der Waals surface area contributed by atoms with Crippen molar-refractivity contribution in [1.82, 2.24) is 5.32 Å². The van der Waals surface area contributed by atoms with Crippen molar-refractivity contribution in [2.45, 2.75) is 49.6 Å². The molecular formula is C28H31NOS. The van der Waals surface area contributed by atoms with E-state index in [0.29, 0.717) is 17.9 Å². The lowest BCUT2D eigenvalue weighted by Gasteiger charge is -2.46. The van der Waals surface area contributed by atoms with E-state index in [1.807, 2.05) is 11.8 Å². The second-order valence-corrected chi connectivity index (χ2v) is 10.4. The number of nitrogens with one attached hydrogen (secondary N) is 1. The van der Waals surface area contributed by atoms with Gasteiger partial charge in [0.15, 0.2) is 0 Å². The molecule has 160 valence electrons. The van der Waals surface area contributed by atoms with Crippen LogP contribution >= 0.6 is 11.8 Å². The van der Waals surface area contributed by atoms with Gasteiger partial charge < -0.3 is 10.1 Å². The van der Waals surface area contributed by atoms with Gasteiger partial charge in [0.05, 0.1) is 7.11 Å². The van der Waals surface area contributed by atoms with Gasteiger partial charge >= 0.3 is 0 Å². The largest absolute Gasteiger partial charge is 0.496 e. The van der Waals surface area contributed by atoms with Crippen molar-refractivity contribution in [3.05, 3.63) is 88.5 Å². The first kappa shape index (κ1) is 20.7. The standard InChI is InChI=1S/C28H31NOS/c1-17-16-28(2,3)29-23-13-12-21-26-19(9-7-11-24(26)30-4)15-22(27(21)25(17)23)18-8-6-10-20(14-18)31-5/h6-14,16,22-23,25,29H,15H2,1-5H3. The van der Waals surface area contributed by atoms with Crippen LogP contribution in [-0.2, 0) is 6.42 Å². The van der Waals surface area contributed by atoms with E-state index in [2.05, 4.69) is 93.0 Å². The maximum absolute atomic E-state index is 5.83. The molecule has 5 rings (SSSR count). The Balaban J connectivity index is 1.75. The molecule has 31 heavy (non-hydrogen) atoms. The van der Waals surface area contributed by atoms with Crippen LogP contribution in [0.4, 0.5) is 0 Å². The molecule has 3 aliphatic rings. The minimum Gasteiger partial charge on any atom is -0.496 e. The molecule has 0 saturated carbocycles. The van der Waals surface area contributed by atoms with E-state index >= 15 is 0 Å². The summed E-state index contributed by atoms with van der Waals surface area (Å²) in [4.78, 5) is 1.33. The number of benzene rings is 2. The molecule has 2 aromatic rings. The summed E-state index contributed by atoms with van der Waals surface area (Å²) in [5.74, 6) is 1.72. The molecule has 0 radical (unpaired) electrons. The lowest BCUT2D eigenvalue weighted by atomic mass is 9.64. The second-order valence-electron chi connectivity index (χ2n) is 9.51. The van der Waals surface area contributed by atoms with E-state index < -0.39 is 0 Å². The van der Waals surface area contributed by atoms with Crippen molar-refractivity contribution in [3.8, 4) is 5.75 Å². The molecule has 0 fully saturated rings. The lowest BCUT2D eigenvalue weighted by molar-refractivity contribution is 0.350. The monoisotopic (exact) mass is 429 g/mol. The summed E-state index contributed by atoms with van der Waals surface area (Å²) in [5.41, 5.74) is 8.45. The average Bonchev–Trinajstić information content (AvgIpc) is 2.76. The Morgan fingerprint density at radius 1 is 1.13 bits per heavy atom. The number of rotatable bonds is 3. The fraction of sp³-hybridized carbons (Fsp3) is 0.357. The van der Waals surface area contributed by atoms with Gasteiger partial charge in [0.25, 0.3) is 0 Å². The zero-order valence-electron chi connectivity index (χ0n) is 19.0. The highest BCUT2D eigenvalue weighted by Gasteiger charge is 2.42. The van der Waals surface area contributed by atoms with E-state index in [0.717, 1.165) is 12.2 Å². The number of thioether (sulfide) groups is 1. The third kappa shape index (κ3) is 3.48. The topological polar surface area (TPSA) is 21.3 Å². The third-order valence-corrected chi connectivity index (χ3v) is 7.72. The number of hydrogen-bond acceptors (Lipinski definition) is 3. The van der Waals surface area contributed by atoms with Crippen LogP contribution in [0, 0.1) is 5.92 Å². The number of hydrogen-bond donors (Lipinski definition) is 1. The Hall–Kier alpha value is -2.23. The van der Waals surface area contributed by atoms with E-state index in [1.54, 1.807) is 12.7 Å². The summed E-state index contributed by atoms with van der Waals surface area (Å²) >= 11 is 1.82. The zero-order chi connectivity index (χ0) is 21.8. The fourth-order valence-corrected chi connectivity index (χ4v) is 6.37. The van der Waals surface area contributed by atoms with Crippen molar-refractivity contribution >= 4 is 17.3 Å². The highest BCUT2D eigenvalue weighted by molar-refractivity contribution is 7.98. The first-order valence-corrected chi connectivity index (χ1v) is 12.3. The molecule has 3 atom stereocenters. The van der Waals surface area contributed by atoms with E-state index in [4.69, 9.17) is 4.74 Å². The van der Waals surface area contributed by atoms with Crippen LogP contribution in [0.2, 0.25) is 0 Å². The van der Waals surface area contributed by atoms with Gasteiger partial charge in [-0.15, -0.1) is 11.8 Å². The van der Waals surface area contributed by atoms with Crippen molar-refractivity contribution in [3.63, 3.8) is 0 Å². The molecule has 0 spiro atoms. The van der Waals surface area contributed by atoms with Crippen LogP contribution in [0.25, 0.3) is 5.57 Å². The molecule has 2 nitrogen and oxygen atoms in total. The molecule has 0 aromatic heterocycles. The molecule has 2 aliphatic carbocycles. The molecule has 1 heterocycles. The first-order valence-electron chi connectivity index (χ1n) is 11.1. The number of methoxy groups -OCH3 is 1. The molecule has 0 bridgehead atoms.